The van der Waals surface area contributed by atoms with Crippen molar-refractivity contribution in [3.8, 4) is 0 Å². The molecule has 0 rings (SSSR count). The van der Waals surface area contributed by atoms with E-state index >= 15 is 0 Å². The standard InChI is InChI=1S/C13H30N.HI/c1-5-8-11-14(4,12-9-6-2)13-10-7-3;/h5-13H2,1-4H3;1H/q+1;/p-1. The molecule has 0 heterocycles. The van der Waals surface area contributed by atoms with Crippen LogP contribution in [-0.4, -0.2) is 31.2 Å². The quantitative estimate of drug-likeness (QED) is 0.435. The van der Waals surface area contributed by atoms with Gasteiger partial charge in [0.05, 0.1) is 26.7 Å². The number of quaternary nitrogens is 1. The van der Waals surface area contributed by atoms with Crippen LogP contribution in [0.25, 0.3) is 0 Å². The van der Waals surface area contributed by atoms with Gasteiger partial charge in [-0.1, -0.05) is 40.0 Å². The van der Waals surface area contributed by atoms with E-state index in [2.05, 4.69) is 27.8 Å². The first-order valence-corrected chi connectivity index (χ1v) is 6.52. The van der Waals surface area contributed by atoms with Crippen molar-refractivity contribution in [1.29, 1.82) is 0 Å². The number of nitrogens with zero attached hydrogens (tertiary/aromatic N) is 1. The van der Waals surface area contributed by atoms with E-state index in [9.17, 15) is 0 Å². The van der Waals surface area contributed by atoms with E-state index in [1.165, 1.54) is 62.6 Å². The Labute approximate surface area is 114 Å². The lowest BCUT2D eigenvalue weighted by molar-refractivity contribution is -0.910. The molecule has 2 heteroatoms. The van der Waals surface area contributed by atoms with Crippen molar-refractivity contribution in [3.63, 3.8) is 0 Å². The van der Waals surface area contributed by atoms with Gasteiger partial charge in [-0.05, 0) is 19.3 Å². The maximum Gasteiger partial charge on any atom is 0.0784 e. The fraction of sp³-hybridized carbons (Fsp3) is 1.00. The molecule has 0 spiro atoms. The second kappa shape index (κ2) is 11.2. The zero-order valence-electron chi connectivity index (χ0n) is 11.2. The van der Waals surface area contributed by atoms with Crippen LogP contribution >= 0.6 is 0 Å². The Kier molecular flexibility index (Phi) is 13.5. The van der Waals surface area contributed by atoms with Gasteiger partial charge in [0.15, 0.2) is 0 Å². The molecule has 0 atom stereocenters. The lowest BCUT2D eigenvalue weighted by Gasteiger charge is -2.34. The molecular formula is C13H30IN. The normalized spacial score (nSPS) is 11.2. The molecule has 0 aliphatic heterocycles. The lowest BCUT2D eigenvalue weighted by atomic mass is 10.2. The Bertz CT molecular complexity index is 104. The van der Waals surface area contributed by atoms with E-state index in [4.69, 9.17) is 0 Å². The van der Waals surface area contributed by atoms with Crippen LogP contribution in [0.4, 0.5) is 0 Å². The molecule has 0 aromatic carbocycles. The Balaban J connectivity index is 0. The largest absolute Gasteiger partial charge is 1.00 e. The van der Waals surface area contributed by atoms with Crippen LogP contribution in [0.3, 0.4) is 0 Å². The molecule has 1 nitrogen and oxygen atoms in total. The summed E-state index contributed by atoms with van der Waals surface area (Å²) in [7, 11) is 2.45. The molecule has 0 N–H and O–H groups in total. The molecule has 0 amide bonds. The molecule has 94 valence electrons. The van der Waals surface area contributed by atoms with E-state index in [0.717, 1.165) is 0 Å². The number of hydrogen-bond donors (Lipinski definition) is 0. The van der Waals surface area contributed by atoms with E-state index in [1.807, 2.05) is 0 Å². The zero-order chi connectivity index (χ0) is 10.9. The van der Waals surface area contributed by atoms with E-state index in [-0.39, 0.29) is 24.0 Å². The van der Waals surface area contributed by atoms with Gasteiger partial charge in [-0.2, -0.15) is 0 Å². The molecule has 0 aromatic rings. The highest BCUT2D eigenvalue weighted by Crippen LogP contribution is 2.10. The molecule has 0 unspecified atom stereocenters. The SMILES string of the molecule is CCCC[N+](C)(CCCC)CCCC.[I-]. The van der Waals surface area contributed by atoms with Gasteiger partial charge in [0.25, 0.3) is 0 Å². The average molecular weight is 327 g/mol. The third kappa shape index (κ3) is 9.61. The van der Waals surface area contributed by atoms with Gasteiger partial charge in [0.2, 0.25) is 0 Å². The Morgan fingerprint density at radius 3 is 1.13 bits per heavy atom. The third-order valence-electron chi connectivity index (χ3n) is 3.15. The van der Waals surface area contributed by atoms with Gasteiger partial charge < -0.3 is 28.5 Å². The summed E-state index contributed by atoms with van der Waals surface area (Å²) < 4.78 is 1.32. The van der Waals surface area contributed by atoms with Crippen molar-refractivity contribution in [1.82, 2.24) is 0 Å². The minimum Gasteiger partial charge on any atom is -1.00 e. The van der Waals surface area contributed by atoms with Crippen LogP contribution in [0, 0.1) is 0 Å². The molecule has 0 aliphatic rings. The van der Waals surface area contributed by atoms with Crippen molar-refractivity contribution in [2.24, 2.45) is 0 Å². The molecule has 0 saturated heterocycles. The summed E-state index contributed by atoms with van der Waals surface area (Å²) in [6.07, 6.45) is 8.20. The van der Waals surface area contributed by atoms with E-state index in [0.29, 0.717) is 0 Å². The van der Waals surface area contributed by atoms with Crippen LogP contribution in [0.1, 0.15) is 59.3 Å². The summed E-state index contributed by atoms with van der Waals surface area (Å²) in [5, 5.41) is 0. The average Bonchev–Trinajstić information content (AvgIpc) is 2.21. The summed E-state index contributed by atoms with van der Waals surface area (Å²) in [6.45, 7) is 11.0. The minimum absolute atomic E-state index is 0. The molecule has 15 heavy (non-hydrogen) atoms. The van der Waals surface area contributed by atoms with E-state index < -0.39 is 0 Å². The Morgan fingerprint density at radius 1 is 0.667 bits per heavy atom. The number of unbranched alkanes of at least 4 members (excludes halogenated alkanes) is 3. The van der Waals surface area contributed by atoms with Gasteiger partial charge in [0.1, 0.15) is 0 Å². The van der Waals surface area contributed by atoms with Crippen LogP contribution in [0.5, 0.6) is 0 Å². The summed E-state index contributed by atoms with van der Waals surface area (Å²) in [5.74, 6) is 0. The van der Waals surface area contributed by atoms with Crippen molar-refractivity contribution in [3.05, 3.63) is 0 Å². The molecule has 0 saturated carbocycles. The highest BCUT2D eigenvalue weighted by molar-refractivity contribution is 4.43. The minimum atomic E-state index is 0. The first-order chi connectivity index (χ1) is 6.68. The highest BCUT2D eigenvalue weighted by atomic mass is 127. The fourth-order valence-corrected chi connectivity index (χ4v) is 1.95. The maximum absolute atomic E-state index is 2.45. The van der Waals surface area contributed by atoms with Crippen molar-refractivity contribution in [2.75, 3.05) is 26.7 Å². The Morgan fingerprint density at radius 2 is 0.933 bits per heavy atom. The zero-order valence-corrected chi connectivity index (χ0v) is 13.3. The molecule has 0 fully saturated rings. The summed E-state index contributed by atoms with van der Waals surface area (Å²) in [4.78, 5) is 0. The van der Waals surface area contributed by atoms with Crippen LogP contribution in [-0.2, 0) is 0 Å². The number of rotatable bonds is 9. The third-order valence-corrected chi connectivity index (χ3v) is 3.15. The highest BCUT2D eigenvalue weighted by Gasteiger charge is 2.18. The Hall–Kier alpha value is 0.690. The summed E-state index contributed by atoms with van der Waals surface area (Å²) in [5.41, 5.74) is 0. The smallest absolute Gasteiger partial charge is 0.0784 e. The number of hydrogen-bond acceptors (Lipinski definition) is 0. The fourth-order valence-electron chi connectivity index (χ4n) is 1.95. The van der Waals surface area contributed by atoms with Crippen LogP contribution in [0.15, 0.2) is 0 Å². The molecular weight excluding hydrogens is 297 g/mol. The lowest BCUT2D eigenvalue weighted by Crippen LogP contribution is -3.00. The summed E-state index contributed by atoms with van der Waals surface area (Å²) in [6, 6.07) is 0. The molecule has 0 aromatic heterocycles. The molecule has 0 bridgehead atoms. The predicted octanol–water partition coefficient (Wildman–Crippen LogP) is 0.837. The first kappa shape index (κ1) is 18.1. The van der Waals surface area contributed by atoms with Crippen LogP contribution < -0.4 is 24.0 Å². The maximum atomic E-state index is 2.45. The topological polar surface area (TPSA) is 0 Å². The first-order valence-electron chi connectivity index (χ1n) is 6.52. The predicted molar refractivity (Wildman–Crippen MR) is 65.5 cm³/mol. The van der Waals surface area contributed by atoms with Gasteiger partial charge >= 0.3 is 0 Å². The molecule has 0 aliphatic carbocycles. The second-order valence-electron chi connectivity index (χ2n) is 4.85. The monoisotopic (exact) mass is 327 g/mol. The number of halogens is 1. The van der Waals surface area contributed by atoms with Crippen molar-refractivity contribution < 1.29 is 28.5 Å². The van der Waals surface area contributed by atoms with Gasteiger partial charge in [-0.25, -0.2) is 0 Å². The molecule has 0 radical (unpaired) electrons. The van der Waals surface area contributed by atoms with Crippen LogP contribution in [0.2, 0.25) is 0 Å². The van der Waals surface area contributed by atoms with Gasteiger partial charge in [-0.15, -0.1) is 0 Å². The summed E-state index contributed by atoms with van der Waals surface area (Å²) >= 11 is 0. The van der Waals surface area contributed by atoms with Crippen molar-refractivity contribution in [2.45, 2.75) is 59.3 Å². The van der Waals surface area contributed by atoms with Crippen molar-refractivity contribution >= 4 is 0 Å². The van der Waals surface area contributed by atoms with Gasteiger partial charge in [-0.3, -0.25) is 0 Å². The van der Waals surface area contributed by atoms with Gasteiger partial charge in [0, 0.05) is 0 Å². The van der Waals surface area contributed by atoms with E-state index in [1.54, 1.807) is 0 Å². The second-order valence-corrected chi connectivity index (χ2v) is 4.85.